The molecule has 3 aromatic heterocycles. The van der Waals surface area contributed by atoms with Crippen molar-refractivity contribution in [3.05, 3.63) is 84.4 Å². The normalized spacial score (nSPS) is 17.2. The molecule has 0 aliphatic heterocycles. The molecule has 1 aliphatic rings. The fraction of sp³-hybridized carbons (Fsp3) is 0.214. The second kappa shape index (κ2) is 7.90. The van der Waals surface area contributed by atoms with E-state index in [2.05, 4.69) is 24.3 Å². The van der Waals surface area contributed by atoms with Crippen molar-refractivity contribution in [2.75, 3.05) is 0 Å². The number of rotatable bonds is 3. The standard InChI is InChI=1S/C28H24N2S/c1-3-8-19(9-4-1)21-16-17-29-26(18-21)24-13-7-12-22-23-14-15-25(20-10-5-2-6-11-20)30-28(23)31-27(22)24/h2,5-7,10-19H,1,3-4,8-9H2/i2D,5D,6D,10D,11D. The van der Waals surface area contributed by atoms with Crippen LogP contribution in [-0.2, 0) is 0 Å². The van der Waals surface area contributed by atoms with Crippen LogP contribution in [0.3, 0.4) is 0 Å². The summed E-state index contributed by atoms with van der Waals surface area (Å²) in [5.74, 6) is 0.600. The van der Waals surface area contributed by atoms with Gasteiger partial charge in [0, 0.05) is 32.8 Å². The van der Waals surface area contributed by atoms with Crippen molar-refractivity contribution in [3.8, 4) is 22.5 Å². The molecule has 0 bridgehead atoms. The molecule has 0 saturated heterocycles. The molecule has 152 valence electrons. The van der Waals surface area contributed by atoms with Gasteiger partial charge in [0.05, 0.1) is 18.2 Å². The number of fused-ring (bicyclic) bond motifs is 3. The first-order valence-electron chi connectivity index (χ1n) is 13.3. The molecule has 31 heavy (non-hydrogen) atoms. The van der Waals surface area contributed by atoms with Gasteiger partial charge in [-0.05, 0) is 48.6 Å². The lowest BCUT2D eigenvalue weighted by molar-refractivity contribution is 0.443. The fourth-order valence-corrected chi connectivity index (χ4v) is 5.88. The largest absolute Gasteiger partial charge is 0.256 e. The Morgan fingerprint density at radius 2 is 1.74 bits per heavy atom. The van der Waals surface area contributed by atoms with E-state index >= 15 is 0 Å². The molecule has 2 aromatic carbocycles. The van der Waals surface area contributed by atoms with Gasteiger partial charge in [-0.3, -0.25) is 4.98 Å². The highest BCUT2D eigenvalue weighted by Gasteiger charge is 2.18. The summed E-state index contributed by atoms with van der Waals surface area (Å²) in [6, 6.07) is 12.7. The SMILES string of the molecule is [2H]c1c([2H])c([2H])c(-c2ccc3c(n2)sc2c(-c4cc(C5CCCCC5)ccn4)cccc23)c([2H])c1[2H]. The summed E-state index contributed by atoms with van der Waals surface area (Å²) in [6.45, 7) is 0. The Morgan fingerprint density at radius 1 is 0.871 bits per heavy atom. The summed E-state index contributed by atoms with van der Waals surface area (Å²) < 4.78 is 41.6. The highest BCUT2D eigenvalue weighted by molar-refractivity contribution is 7.26. The Balaban J connectivity index is 1.49. The number of pyridine rings is 2. The van der Waals surface area contributed by atoms with Gasteiger partial charge >= 0.3 is 0 Å². The minimum atomic E-state index is -0.399. The van der Waals surface area contributed by atoms with Gasteiger partial charge in [0.25, 0.3) is 0 Å². The molecular formula is C28H24N2S. The van der Waals surface area contributed by atoms with Crippen molar-refractivity contribution in [2.24, 2.45) is 0 Å². The van der Waals surface area contributed by atoms with Crippen molar-refractivity contribution in [3.63, 3.8) is 0 Å². The van der Waals surface area contributed by atoms with Gasteiger partial charge in [-0.1, -0.05) is 67.7 Å². The third kappa shape index (κ3) is 3.43. The molecule has 0 amide bonds. The van der Waals surface area contributed by atoms with Crippen LogP contribution in [0.2, 0.25) is 0 Å². The first-order chi connectivity index (χ1) is 17.4. The second-order valence-corrected chi connectivity index (χ2v) is 9.14. The van der Waals surface area contributed by atoms with E-state index in [0.717, 1.165) is 31.6 Å². The molecule has 0 N–H and O–H groups in total. The molecule has 1 saturated carbocycles. The molecule has 0 radical (unpaired) electrons. The van der Waals surface area contributed by atoms with Crippen LogP contribution in [0.25, 0.3) is 42.8 Å². The first kappa shape index (κ1) is 14.1. The zero-order valence-electron chi connectivity index (χ0n) is 22.0. The van der Waals surface area contributed by atoms with Crippen molar-refractivity contribution in [1.82, 2.24) is 9.97 Å². The van der Waals surface area contributed by atoms with Crippen molar-refractivity contribution >= 4 is 31.6 Å². The Morgan fingerprint density at radius 3 is 2.61 bits per heavy atom. The molecule has 6 rings (SSSR count). The zero-order chi connectivity index (χ0) is 25.0. The van der Waals surface area contributed by atoms with Crippen LogP contribution in [0.5, 0.6) is 0 Å². The number of nitrogens with zero attached hydrogens (tertiary/aromatic N) is 2. The second-order valence-electron chi connectivity index (χ2n) is 8.14. The van der Waals surface area contributed by atoms with Crippen LogP contribution >= 0.6 is 11.3 Å². The van der Waals surface area contributed by atoms with Crippen LogP contribution < -0.4 is 0 Å². The quantitative estimate of drug-likeness (QED) is 0.291. The molecule has 0 spiro atoms. The number of thiophene rings is 1. The predicted octanol–water partition coefficient (Wildman–Crippen LogP) is 8.23. The lowest BCUT2D eigenvalue weighted by Gasteiger charge is -2.22. The van der Waals surface area contributed by atoms with Gasteiger partial charge in [0.1, 0.15) is 4.83 Å². The van der Waals surface area contributed by atoms with E-state index < -0.39 is 6.04 Å². The van der Waals surface area contributed by atoms with Crippen LogP contribution in [0, 0.1) is 0 Å². The molecule has 1 aliphatic carbocycles. The number of aromatic nitrogens is 2. The number of hydrogen-bond acceptors (Lipinski definition) is 3. The monoisotopic (exact) mass is 425 g/mol. The van der Waals surface area contributed by atoms with E-state index in [1.54, 1.807) is 17.4 Å². The van der Waals surface area contributed by atoms with Crippen LogP contribution in [0.1, 0.15) is 50.4 Å². The van der Waals surface area contributed by atoms with E-state index in [-0.39, 0.29) is 29.7 Å². The molecule has 3 heterocycles. The zero-order valence-corrected chi connectivity index (χ0v) is 17.9. The summed E-state index contributed by atoms with van der Waals surface area (Å²) in [6.07, 6.45) is 8.29. The Bertz CT molecular complexity index is 1610. The molecule has 0 atom stereocenters. The van der Waals surface area contributed by atoms with Crippen LogP contribution in [-0.4, -0.2) is 9.97 Å². The molecule has 2 nitrogen and oxygen atoms in total. The minimum absolute atomic E-state index is 0.127. The maximum Gasteiger partial charge on any atom is 0.125 e. The van der Waals surface area contributed by atoms with Gasteiger partial charge in [0.2, 0.25) is 0 Å². The first-order valence-corrected chi connectivity index (χ1v) is 11.6. The minimum Gasteiger partial charge on any atom is -0.256 e. The van der Waals surface area contributed by atoms with E-state index in [1.165, 1.54) is 37.7 Å². The highest BCUT2D eigenvalue weighted by atomic mass is 32.1. The van der Waals surface area contributed by atoms with Gasteiger partial charge in [-0.15, -0.1) is 11.3 Å². The lowest BCUT2D eigenvalue weighted by atomic mass is 9.84. The van der Waals surface area contributed by atoms with E-state index in [0.29, 0.717) is 11.6 Å². The summed E-state index contributed by atoms with van der Waals surface area (Å²) in [5.41, 5.74) is 3.89. The number of hydrogen-bond donors (Lipinski definition) is 0. The third-order valence-electron chi connectivity index (χ3n) is 6.26. The maximum absolute atomic E-state index is 8.32. The van der Waals surface area contributed by atoms with E-state index in [4.69, 9.17) is 16.8 Å². The summed E-state index contributed by atoms with van der Waals surface area (Å²) >= 11 is 1.55. The topological polar surface area (TPSA) is 25.8 Å². The fourth-order valence-electron chi connectivity index (χ4n) is 4.68. The molecule has 3 heteroatoms. The van der Waals surface area contributed by atoms with E-state index in [1.807, 2.05) is 18.3 Å². The molecule has 0 unspecified atom stereocenters. The average molecular weight is 426 g/mol. The highest BCUT2D eigenvalue weighted by Crippen LogP contribution is 2.40. The van der Waals surface area contributed by atoms with E-state index in [9.17, 15) is 0 Å². The summed E-state index contributed by atoms with van der Waals surface area (Å²) in [4.78, 5) is 10.3. The van der Waals surface area contributed by atoms with Crippen molar-refractivity contribution < 1.29 is 6.85 Å². The summed E-state index contributed by atoms with van der Waals surface area (Å²) in [7, 11) is 0. The molecular weight excluding hydrogens is 396 g/mol. The lowest BCUT2D eigenvalue weighted by Crippen LogP contribution is -2.04. The van der Waals surface area contributed by atoms with Gasteiger partial charge in [-0.25, -0.2) is 4.98 Å². The molecule has 1 fully saturated rings. The summed E-state index contributed by atoms with van der Waals surface area (Å²) in [5, 5.41) is 2.06. The Hall–Kier alpha value is -3.04. The average Bonchev–Trinajstić information content (AvgIpc) is 3.29. The van der Waals surface area contributed by atoms with Gasteiger partial charge in [-0.2, -0.15) is 0 Å². The third-order valence-corrected chi connectivity index (χ3v) is 7.41. The predicted molar refractivity (Wildman–Crippen MR) is 132 cm³/mol. The van der Waals surface area contributed by atoms with Gasteiger partial charge in [0.15, 0.2) is 0 Å². The Labute approximate surface area is 193 Å². The van der Waals surface area contributed by atoms with Crippen molar-refractivity contribution in [1.29, 1.82) is 0 Å². The van der Waals surface area contributed by atoms with Crippen LogP contribution in [0.15, 0.2) is 78.9 Å². The number of benzene rings is 2. The van der Waals surface area contributed by atoms with Crippen molar-refractivity contribution in [2.45, 2.75) is 38.0 Å². The smallest absolute Gasteiger partial charge is 0.125 e. The van der Waals surface area contributed by atoms with Crippen LogP contribution in [0.4, 0.5) is 0 Å². The maximum atomic E-state index is 8.32. The molecule has 5 aromatic rings. The Kier molecular flexibility index (Phi) is 3.59. The van der Waals surface area contributed by atoms with Gasteiger partial charge < -0.3 is 0 Å².